The van der Waals surface area contributed by atoms with E-state index >= 15 is 0 Å². The van der Waals surface area contributed by atoms with Crippen LogP contribution in [0.1, 0.15) is 64.7 Å². The van der Waals surface area contributed by atoms with Crippen molar-refractivity contribution in [3.05, 3.63) is 0 Å². The van der Waals surface area contributed by atoms with Gasteiger partial charge in [-0.05, 0) is 68.4 Å². The Morgan fingerprint density at radius 2 is 2.05 bits per heavy atom. The Kier molecular flexibility index (Phi) is 5.92. The van der Waals surface area contributed by atoms with Crippen LogP contribution in [0.25, 0.3) is 0 Å². The van der Waals surface area contributed by atoms with E-state index in [-0.39, 0.29) is 5.60 Å². The summed E-state index contributed by atoms with van der Waals surface area (Å²) >= 11 is 2.16. The summed E-state index contributed by atoms with van der Waals surface area (Å²) < 4.78 is 6.32. The Morgan fingerprint density at radius 3 is 2.76 bits per heavy atom. The Hall–Kier alpha value is 0.270. The Labute approximate surface area is 135 Å². The van der Waals surface area contributed by atoms with E-state index in [0.717, 1.165) is 24.5 Å². The molecule has 122 valence electrons. The van der Waals surface area contributed by atoms with Gasteiger partial charge in [-0.25, -0.2) is 0 Å². The quantitative estimate of drug-likeness (QED) is 0.820. The lowest BCUT2D eigenvalue weighted by Gasteiger charge is -2.46. The number of ether oxygens (including phenoxy) is 1. The summed E-state index contributed by atoms with van der Waals surface area (Å²) in [4.78, 5) is 0. The van der Waals surface area contributed by atoms with Crippen LogP contribution in [0.3, 0.4) is 0 Å². The molecule has 1 N–H and O–H groups in total. The Bertz CT molecular complexity index is 305. The molecule has 2 heterocycles. The van der Waals surface area contributed by atoms with Gasteiger partial charge >= 0.3 is 0 Å². The van der Waals surface area contributed by atoms with Crippen LogP contribution in [-0.4, -0.2) is 36.3 Å². The first-order valence-electron chi connectivity index (χ1n) is 9.28. The predicted molar refractivity (Wildman–Crippen MR) is 92.0 cm³/mol. The van der Waals surface area contributed by atoms with Crippen molar-refractivity contribution in [2.45, 2.75) is 76.4 Å². The van der Waals surface area contributed by atoms with Crippen LogP contribution in [0.5, 0.6) is 0 Å². The second-order valence-electron chi connectivity index (χ2n) is 7.45. The third-order valence-electron chi connectivity index (χ3n) is 5.91. The van der Waals surface area contributed by atoms with Crippen LogP contribution in [0.15, 0.2) is 0 Å². The lowest BCUT2D eigenvalue weighted by atomic mass is 9.72. The molecule has 3 fully saturated rings. The second-order valence-corrected chi connectivity index (χ2v) is 8.60. The van der Waals surface area contributed by atoms with Crippen molar-refractivity contribution in [2.24, 2.45) is 11.8 Å². The van der Waals surface area contributed by atoms with Gasteiger partial charge in [-0.2, -0.15) is 11.8 Å². The first kappa shape index (κ1) is 16.1. The molecule has 0 amide bonds. The number of nitrogens with one attached hydrogen (secondary N) is 1. The topological polar surface area (TPSA) is 21.3 Å². The summed E-state index contributed by atoms with van der Waals surface area (Å²) in [7, 11) is 0. The fraction of sp³-hybridized carbons (Fsp3) is 1.00. The molecule has 1 spiro atoms. The van der Waals surface area contributed by atoms with Crippen LogP contribution >= 0.6 is 11.8 Å². The highest BCUT2D eigenvalue weighted by molar-refractivity contribution is 7.99. The predicted octanol–water partition coefficient (Wildman–Crippen LogP) is 4.24. The summed E-state index contributed by atoms with van der Waals surface area (Å²) in [6.07, 6.45) is 12.1. The summed E-state index contributed by atoms with van der Waals surface area (Å²) in [5.74, 6) is 4.52. The normalized spacial score (nSPS) is 34.1. The van der Waals surface area contributed by atoms with Gasteiger partial charge in [0.1, 0.15) is 0 Å². The molecule has 0 bridgehead atoms. The van der Waals surface area contributed by atoms with E-state index in [2.05, 4.69) is 24.0 Å². The van der Waals surface area contributed by atoms with Gasteiger partial charge in [-0.1, -0.05) is 26.2 Å². The van der Waals surface area contributed by atoms with Gasteiger partial charge in [0.2, 0.25) is 0 Å². The molecule has 2 saturated heterocycles. The average molecular weight is 312 g/mol. The van der Waals surface area contributed by atoms with Crippen molar-refractivity contribution in [1.82, 2.24) is 5.32 Å². The largest absolute Gasteiger partial charge is 0.375 e. The molecule has 0 aromatic carbocycles. The van der Waals surface area contributed by atoms with Gasteiger partial charge in [0.15, 0.2) is 0 Å². The molecule has 2 nitrogen and oxygen atoms in total. The van der Waals surface area contributed by atoms with Crippen molar-refractivity contribution in [3.63, 3.8) is 0 Å². The molecule has 21 heavy (non-hydrogen) atoms. The maximum atomic E-state index is 6.32. The molecule has 3 unspecified atom stereocenters. The molecular weight excluding hydrogens is 278 g/mol. The van der Waals surface area contributed by atoms with Gasteiger partial charge < -0.3 is 10.1 Å². The van der Waals surface area contributed by atoms with Crippen LogP contribution in [0, 0.1) is 11.8 Å². The van der Waals surface area contributed by atoms with E-state index < -0.39 is 0 Å². The third-order valence-corrected chi connectivity index (χ3v) is 7.09. The zero-order valence-electron chi connectivity index (χ0n) is 13.7. The highest BCUT2D eigenvalue weighted by Crippen LogP contribution is 2.43. The summed E-state index contributed by atoms with van der Waals surface area (Å²) in [5.41, 5.74) is 0.263. The van der Waals surface area contributed by atoms with Gasteiger partial charge in [-0.15, -0.1) is 0 Å². The standard InChI is InChI=1S/C18H33NOS/c1-2-10-19-17(16-7-12-21-14-16)15-6-11-20-18(13-15)8-4-3-5-9-18/h15-17,19H,2-14H2,1H3. The third kappa shape index (κ3) is 3.97. The van der Waals surface area contributed by atoms with Crippen molar-refractivity contribution >= 4 is 11.8 Å². The first-order chi connectivity index (χ1) is 10.3. The molecular formula is C18H33NOS. The summed E-state index contributed by atoms with van der Waals surface area (Å²) in [5, 5.41) is 3.93. The minimum Gasteiger partial charge on any atom is -0.375 e. The Balaban J connectivity index is 1.65. The van der Waals surface area contributed by atoms with E-state index in [9.17, 15) is 0 Å². The van der Waals surface area contributed by atoms with E-state index in [0.29, 0.717) is 0 Å². The minimum absolute atomic E-state index is 0.263. The molecule has 2 aliphatic heterocycles. The van der Waals surface area contributed by atoms with Crippen molar-refractivity contribution in [1.29, 1.82) is 0 Å². The lowest BCUT2D eigenvalue weighted by Crippen LogP contribution is -2.50. The number of hydrogen-bond donors (Lipinski definition) is 1. The Morgan fingerprint density at radius 1 is 1.19 bits per heavy atom. The van der Waals surface area contributed by atoms with Gasteiger partial charge in [0, 0.05) is 12.6 Å². The summed E-state index contributed by atoms with van der Waals surface area (Å²) in [6, 6.07) is 0.752. The molecule has 3 aliphatic rings. The SMILES string of the molecule is CCCNC(C1CCSC1)C1CCOC2(CCCCC2)C1. The molecule has 1 aliphatic carbocycles. The maximum Gasteiger partial charge on any atom is 0.0685 e. The van der Waals surface area contributed by atoms with Gasteiger partial charge in [0.25, 0.3) is 0 Å². The summed E-state index contributed by atoms with van der Waals surface area (Å²) in [6.45, 7) is 4.49. The van der Waals surface area contributed by atoms with E-state index in [1.165, 1.54) is 75.8 Å². The molecule has 3 rings (SSSR count). The molecule has 1 saturated carbocycles. The molecule has 0 radical (unpaired) electrons. The maximum absolute atomic E-state index is 6.32. The number of hydrogen-bond acceptors (Lipinski definition) is 3. The van der Waals surface area contributed by atoms with Crippen molar-refractivity contribution in [2.75, 3.05) is 24.7 Å². The fourth-order valence-electron chi connectivity index (χ4n) is 4.78. The second kappa shape index (κ2) is 7.70. The fourth-order valence-corrected chi connectivity index (χ4v) is 6.09. The molecule has 0 aromatic heterocycles. The molecule has 3 heteroatoms. The minimum atomic E-state index is 0.263. The zero-order valence-corrected chi connectivity index (χ0v) is 14.6. The monoisotopic (exact) mass is 311 g/mol. The van der Waals surface area contributed by atoms with Crippen LogP contribution in [-0.2, 0) is 4.74 Å². The van der Waals surface area contributed by atoms with E-state index in [1.807, 2.05) is 0 Å². The molecule has 0 aromatic rings. The van der Waals surface area contributed by atoms with Crippen molar-refractivity contribution in [3.8, 4) is 0 Å². The van der Waals surface area contributed by atoms with Gasteiger partial charge in [-0.3, -0.25) is 0 Å². The lowest BCUT2D eigenvalue weighted by molar-refractivity contribution is -0.123. The number of thioether (sulfide) groups is 1. The van der Waals surface area contributed by atoms with E-state index in [4.69, 9.17) is 4.74 Å². The van der Waals surface area contributed by atoms with Crippen LogP contribution in [0.2, 0.25) is 0 Å². The van der Waals surface area contributed by atoms with Gasteiger partial charge in [0.05, 0.1) is 5.60 Å². The van der Waals surface area contributed by atoms with E-state index in [1.54, 1.807) is 0 Å². The number of rotatable bonds is 5. The highest BCUT2D eigenvalue weighted by Gasteiger charge is 2.42. The first-order valence-corrected chi connectivity index (χ1v) is 10.4. The highest BCUT2D eigenvalue weighted by atomic mass is 32.2. The molecule has 3 atom stereocenters. The van der Waals surface area contributed by atoms with Crippen LogP contribution in [0.4, 0.5) is 0 Å². The smallest absolute Gasteiger partial charge is 0.0685 e. The van der Waals surface area contributed by atoms with Crippen LogP contribution < -0.4 is 5.32 Å². The zero-order chi connectivity index (χ0) is 14.5. The average Bonchev–Trinajstić information content (AvgIpc) is 3.03. The van der Waals surface area contributed by atoms with Crippen molar-refractivity contribution < 1.29 is 4.74 Å².